The average Bonchev–Trinajstić information content (AvgIpc) is 3.39. The topological polar surface area (TPSA) is 101 Å². The number of nitrogens with one attached hydrogen (secondary N) is 1. The van der Waals surface area contributed by atoms with Crippen LogP contribution in [-0.4, -0.2) is 27.4 Å². The van der Waals surface area contributed by atoms with E-state index >= 15 is 0 Å². The molecule has 0 atom stereocenters. The van der Waals surface area contributed by atoms with Gasteiger partial charge in [0.15, 0.2) is 0 Å². The zero-order valence-electron chi connectivity index (χ0n) is 17.0. The molecule has 5 rings (SSSR count). The molecule has 0 aliphatic heterocycles. The Hall–Kier alpha value is -3.80. The Morgan fingerprint density at radius 3 is 2.65 bits per heavy atom. The number of hydrogen-bond donors (Lipinski definition) is 3. The number of ether oxygens (including phenoxy) is 1. The summed E-state index contributed by atoms with van der Waals surface area (Å²) in [5, 5.41) is 17.1. The Morgan fingerprint density at radius 1 is 1.13 bits per heavy atom. The fourth-order valence-corrected chi connectivity index (χ4v) is 4.33. The molecule has 0 fully saturated rings. The predicted molar refractivity (Wildman–Crippen MR) is 120 cm³/mol. The van der Waals surface area contributed by atoms with Gasteiger partial charge >= 0.3 is 5.97 Å². The van der Waals surface area contributed by atoms with Gasteiger partial charge in [-0.25, -0.2) is 0 Å². The molecule has 1 aromatic heterocycles. The SMILES string of the molecule is Nc1cc(CCC(=O)O)cc(-c2ccc3[nH]ncc3c2)c1OC1Cc2ccccc2C1. The number of carboxylic acids is 1. The zero-order chi connectivity index (χ0) is 21.4. The number of fused-ring (bicyclic) bond motifs is 2. The molecule has 6 heteroatoms. The fraction of sp³-hybridized carbons (Fsp3) is 0.200. The van der Waals surface area contributed by atoms with Crippen LogP contribution in [0.4, 0.5) is 5.69 Å². The van der Waals surface area contributed by atoms with Gasteiger partial charge in [0, 0.05) is 30.2 Å². The molecule has 4 aromatic rings. The van der Waals surface area contributed by atoms with Crippen molar-refractivity contribution in [1.82, 2.24) is 10.2 Å². The van der Waals surface area contributed by atoms with Crippen LogP contribution in [0.1, 0.15) is 23.1 Å². The van der Waals surface area contributed by atoms with Crippen LogP contribution in [-0.2, 0) is 24.1 Å². The van der Waals surface area contributed by atoms with Gasteiger partial charge in [-0.15, -0.1) is 0 Å². The zero-order valence-corrected chi connectivity index (χ0v) is 17.0. The second-order valence-corrected chi connectivity index (χ2v) is 8.04. The van der Waals surface area contributed by atoms with Gasteiger partial charge in [-0.1, -0.05) is 30.3 Å². The number of hydrogen-bond acceptors (Lipinski definition) is 4. The van der Waals surface area contributed by atoms with Crippen molar-refractivity contribution >= 4 is 22.6 Å². The van der Waals surface area contributed by atoms with Crippen LogP contribution in [0.2, 0.25) is 0 Å². The Morgan fingerprint density at radius 2 is 1.90 bits per heavy atom. The third kappa shape index (κ3) is 3.84. The molecule has 6 nitrogen and oxygen atoms in total. The lowest BCUT2D eigenvalue weighted by Crippen LogP contribution is -2.18. The van der Waals surface area contributed by atoms with E-state index in [2.05, 4.69) is 34.5 Å². The molecule has 0 saturated carbocycles. The van der Waals surface area contributed by atoms with Crippen molar-refractivity contribution in [3.63, 3.8) is 0 Å². The summed E-state index contributed by atoms with van der Waals surface area (Å²) in [5.74, 6) is -0.177. The monoisotopic (exact) mass is 413 g/mol. The van der Waals surface area contributed by atoms with Gasteiger partial charge in [-0.2, -0.15) is 5.10 Å². The third-order valence-corrected chi connectivity index (χ3v) is 5.85. The first-order valence-corrected chi connectivity index (χ1v) is 10.4. The van der Waals surface area contributed by atoms with Crippen LogP contribution >= 0.6 is 0 Å². The average molecular weight is 413 g/mol. The molecule has 0 radical (unpaired) electrons. The van der Waals surface area contributed by atoms with E-state index in [1.54, 1.807) is 6.20 Å². The second-order valence-electron chi connectivity index (χ2n) is 8.04. The maximum Gasteiger partial charge on any atom is 0.303 e. The lowest BCUT2D eigenvalue weighted by Gasteiger charge is -2.20. The molecule has 4 N–H and O–H groups in total. The third-order valence-electron chi connectivity index (χ3n) is 5.85. The van der Waals surface area contributed by atoms with E-state index in [4.69, 9.17) is 15.6 Å². The molecule has 1 aliphatic carbocycles. The lowest BCUT2D eigenvalue weighted by atomic mass is 9.97. The quantitative estimate of drug-likeness (QED) is 0.407. The predicted octanol–water partition coefficient (Wildman–Crippen LogP) is 4.38. The molecule has 0 bridgehead atoms. The van der Waals surface area contributed by atoms with Crippen LogP contribution in [0, 0.1) is 0 Å². The summed E-state index contributed by atoms with van der Waals surface area (Å²) in [5.41, 5.74) is 13.3. The highest BCUT2D eigenvalue weighted by molar-refractivity contribution is 5.87. The molecule has 0 saturated heterocycles. The van der Waals surface area contributed by atoms with E-state index in [1.165, 1.54) is 11.1 Å². The number of H-pyrrole nitrogens is 1. The maximum atomic E-state index is 11.1. The number of carboxylic acid groups (broad SMARTS) is 1. The van der Waals surface area contributed by atoms with Gasteiger partial charge in [0.05, 0.1) is 17.4 Å². The number of benzene rings is 3. The number of aryl methyl sites for hydroxylation is 1. The van der Waals surface area contributed by atoms with Gasteiger partial charge < -0.3 is 15.6 Å². The number of nitrogens with two attached hydrogens (primary N) is 1. The molecular formula is C25H23N3O3. The maximum absolute atomic E-state index is 11.1. The van der Waals surface area contributed by atoms with Crippen molar-refractivity contribution in [2.45, 2.75) is 31.8 Å². The lowest BCUT2D eigenvalue weighted by molar-refractivity contribution is -0.136. The molecule has 156 valence electrons. The van der Waals surface area contributed by atoms with E-state index in [0.29, 0.717) is 17.9 Å². The van der Waals surface area contributed by atoms with E-state index in [1.807, 2.05) is 30.3 Å². The van der Waals surface area contributed by atoms with Crippen molar-refractivity contribution in [2.75, 3.05) is 5.73 Å². The Kier molecular flexibility index (Phi) is 4.82. The van der Waals surface area contributed by atoms with Crippen molar-refractivity contribution in [3.8, 4) is 16.9 Å². The van der Waals surface area contributed by atoms with Crippen LogP contribution in [0.3, 0.4) is 0 Å². The Labute approximate surface area is 179 Å². The van der Waals surface area contributed by atoms with Crippen molar-refractivity contribution in [1.29, 1.82) is 0 Å². The molecule has 0 unspecified atom stereocenters. The first kappa shape index (κ1) is 19.2. The van der Waals surface area contributed by atoms with Crippen molar-refractivity contribution < 1.29 is 14.6 Å². The molecule has 0 amide bonds. The number of nitrogen functional groups attached to an aromatic ring is 1. The Bertz CT molecular complexity index is 1250. The van der Waals surface area contributed by atoms with Crippen molar-refractivity contribution in [3.05, 3.63) is 77.5 Å². The van der Waals surface area contributed by atoms with Crippen LogP contribution < -0.4 is 10.5 Å². The summed E-state index contributed by atoms with van der Waals surface area (Å²) in [6.45, 7) is 0. The van der Waals surface area contributed by atoms with Gasteiger partial charge in [-0.3, -0.25) is 9.89 Å². The van der Waals surface area contributed by atoms with E-state index < -0.39 is 5.97 Å². The summed E-state index contributed by atoms with van der Waals surface area (Å²) in [6, 6.07) is 18.3. The highest BCUT2D eigenvalue weighted by Gasteiger charge is 2.25. The summed E-state index contributed by atoms with van der Waals surface area (Å²) in [4.78, 5) is 11.1. The molecule has 1 heterocycles. The number of nitrogens with zero attached hydrogens (tertiary/aromatic N) is 1. The van der Waals surface area contributed by atoms with Gasteiger partial charge in [-0.05, 0) is 52.9 Å². The minimum atomic E-state index is -0.830. The minimum Gasteiger partial charge on any atom is -0.487 e. The Balaban J connectivity index is 1.53. The minimum absolute atomic E-state index is 0.0148. The van der Waals surface area contributed by atoms with Crippen LogP contribution in [0.5, 0.6) is 5.75 Å². The number of aromatic nitrogens is 2. The molecule has 3 aromatic carbocycles. The summed E-state index contributed by atoms with van der Waals surface area (Å²) < 4.78 is 6.48. The van der Waals surface area contributed by atoms with Gasteiger partial charge in [0.2, 0.25) is 0 Å². The molecular weight excluding hydrogens is 390 g/mol. The standard InChI is InChI=1S/C25H23N3O3/c26-22-10-15(5-8-24(29)30)9-21(18-6-7-23-19(11-18)14-27-28-23)25(22)31-20-12-16-3-1-2-4-17(16)13-20/h1-4,6-7,9-11,14,20H,5,8,12-13,26H2,(H,27,28)(H,29,30). The van der Waals surface area contributed by atoms with Crippen LogP contribution in [0.25, 0.3) is 22.0 Å². The normalized spacial score (nSPS) is 13.4. The smallest absolute Gasteiger partial charge is 0.303 e. The second kappa shape index (κ2) is 7.80. The van der Waals surface area contributed by atoms with Gasteiger partial charge in [0.25, 0.3) is 0 Å². The number of rotatable bonds is 6. The number of aromatic amines is 1. The highest BCUT2D eigenvalue weighted by atomic mass is 16.5. The van der Waals surface area contributed by atoms with E-state index in [9.17, 15) is 4.79 Å². The number of carbonyl (C=O) groups is 1. The largest absolute Gasteiger partial charge is 0.487 e. The van der Waals surface area contributed by atoms with Crippen LogP contribution in [0.15, 0.2) is 60.8 Å². The number of anilines is 1. The molecule has 1 aliphatic rings. The number of aliphatic carboxylic acids is 1. The fourth-order valence-electron chi connectivity index (χ4n) is 4.33. The van der Waals surface area contributed by atoms with Gasteiger partial charge in [0.1, 0.15) is 11.9 Å². The first-order chi connectivity index (χ1) is 15.1. The molecule has 31 heavy (non-hydrogen) atoms. The summed E-state index contributed by atoms with van der Waals surface area (Å²) in [7, 11) is 0. The first-order valence-electron chi connectivity index (χ1n) is 10.4. The van der Waals surface area contributed by atoms with E-state index in [-0.39, 0.29) is 12.5 Å². The summed E-state index contributed by atoms with van der Waals surface area (Å²) >= 11 is 0. The highest BCUT2D eigenvalue weighted by Crippen LogP contribution is 2.39. The molecule has 0 spiro atoms. The van der Waals surface area contributed by atoms with E-state index in [0.717, 1.165) is 40.4 Å². The summed E-state index contributed by atoms with van der Waals surface area (Å²) in [6.07, 6.45) is 3.95. The van der Waals surface area contributed by atoms with Crippen molar-refractivity contribution in [2.24, 2.45) is 0 Å².